The molecule has 20 heavy (non-hydrogen) atoms. The van der Waals surface area contributed by atoms with Crippen LogP contribution >= 0.6 is 46.4 Å². The first-order valence-corrected chi connectivity index (χ1v) is 6.73. The number of hydrogen-bond acceptors (Lipinski definition) is 5. The number of phenolic OH excluding ortho intramolecular Hbond substituents is 1. The topological polar surface area (TPSA) is 69.0 Å². The lowest BCUT2D eigenvalue weighted by Crippen LogP contribution is -2.38. The van der Waals surface area contributed by atoms with Crippen LogP contribution in [0.3, 0.4) is 0 Å². The fraction of sp³-hybridized carbons (Fsp3) is 0.0909. The molecule has 0 atom stereocenters. The maximum Gasteiger partial charge on any atom is 0.248 e. The molecule has 0 fully saturated rings. The Kier molecular flexibility index (Phi) is 4.34. The minimum absolute atomic E-state index is 0.0214. The third-order valence-electron chi connectivity index (χ3n) is 2.19. The highest BCUT2D eigenvalue weighted by Gasteiger charge is 2.31. The Hall–Kier alpha value is -1.14. The largest absolute Gasteiger partial charge is 0.506 e. The molecule has 0 saturated carbocycles. The monoisotopic (exact) mass is 352 g/mol. The number of amidine groups is 1. The average Bonchev–Trinajstić information content (AvgIpc) is 2.32. The van der Waals surface area contributed by atoms with Gasteiger partial charge < -0.3 is 15.7 Å². The number of phenols is 1. The van der Waals surface area contributed by atoms with Crippen molar-refractivity contribution in [3.8, 4) is 5.75 Å². The predicted octanol–water partition coefficient (Wildman–Crippen LogP) is 3.66. The van der Waals surface area contributed by atoms with Crippen LogP contribution in [-0.2, 0) is 0 Å². The van der Waals surface area contributed by atoms with Crippen LogP contribution in [0, 0.1) is 0 Å². The first kappa shape index (κ1) is 15.3. The highest BCUT2D eigenvalue weighted by Crippen LogP contribution is 2.30. The second-order valence-corrected chi connectivity index (χ2v) is 6.47. The third-order valence-corrected chi connectivity index (χ3v) is 2.97. The smallest absolute Gasteiger partial charge is 0.248 e. The number of alkyl halides is 3. The van der Waals surface area contributed by atoms with E-state index in [1.54, 1.807) is 6.07 Å². The lowest BCUT2D eigenvalue weighted by molar-refractivity contribution is 0.478. The Morgan fingerprint density at radius 3 is 2.60 bits per heavy atom. The van der Waals surface area contributed by atoms with Gasteiger partial charge in [0.15, 0.2) is 5.84 Å². The van der Waals surface area contributed by atoms with E-state index in [1.165, 1.54) is 12.1 Å². The lowest BCUT2D eigenvalue weighted by Gasteiger charge is -2.21. The molecule has 1 aromatic carbocycles. The van der Waals surface area contributed by atoms with Gasteiger partial charge in [0.25, 0.3) is 0 Å². The molecular weight excluding hydrogens is 346 g/mol. The number of aliphatic imine (C=N–C) groups is 2. The van der Waals surface area contributed by atoms with Crippen molar-refractivity contribution < 1.29 is 5.11 Å². The summed E-state index contributed by atoms with van der Waals surface area (Å²) in [6.07, 6.45) is 0. The van der Waals surface area contributed by atoms with E-state index in [0.717, 1.165) is 0 Å². The minimum atomic E-state index is -1.75. The molecule has 106 valence electrons. The molecule has 0 radical (unpaired) electrons. The fourth-order valence-corrected chi connectivity index (χ4v) is 1.81. The Morgan fingerprint density at radius 1 is 1.25 bits per heavy atom. The molecule has 2 rings (SSSR count). The van der Waals surface area contributed by atoms with E-state index in [1.807, 2.05) is 0 Å². The summed E-state index contributed by atoms with van der Waals surface area (Å²) in [5.74, 6) is 0.372. The molecule has 0 bridgehead atoms. The van der Waals surface area contributed by atoms with E-state index in [0.29, 0.717) is 10.7 Å². The highest BCUT2D eigenvalue weighted by molar-refractivity contribution is 6.76. The van der Waals surface area contributed by atoms with Gasteiger partial charge in [0.1, 0.15) is 11.6 Å². The first-order valence-electron chi connectivity index (χ1n) is 5.22. The van der Waals surface area contributed by atoms with Crippen molar-refractivity contribution in [3.05, 3.63) is 35.6 Å². The van der Waals surface area contributed by atoms with Crippen molar-refractivity contribution in [1.82, 2.24) is 5.32 Å². The van der Waals surface area contributed by atoms with Crippen LogP contribution < -0.4 is 10.6 Å². The molecule has 0 spiro atoms. The number of benzene rings is 1. The Labute approximate surface area is 134 Å². The van der Waals surface area contributed by atoms with Crippen molar-refractivity contribution in [3.63, 3.8) is 0 Å². The molecule has 0 aliphatic carbocycles. The van der Waals surface area contributed by atoms with Crippen LogP contribution in [0.15, 0.2) is 40.6 Å². The number of rotatable bonds is 1. The summed E-state index contributed by atoms with van der Waals surface area (Å²) in [6, 6.07) is 4.48. The standard InChI is InChI=1S/C11H8Cl4N4O/c1-5-16-9(11(13,14)15)19-10(17-5)18-7-4-6(12)2-3-8(7)20/h2-4,20H,1H2,(H2,16,17,18,19). The van der Waals surface area contributed by atoms with Crippen molar-refractivity contribution in [2.24, 2.45) is 9.98 Å². The number of anilines is 1. The molecule has 0 unspecified atom stereocenters. The SMILES string of the molecule is C=C1N=C(Nc2cc(Cl)ccc2O)N=C(C(Cl)(Cl)Cl)N1. The van der Waals surface area contributed by atoms with Gasteiger partial charge in [-0.3, -0.25) is 0 Å². The van der Waals surface area contributed by atoms with Gasteiger partial charge in [-0.05, 0) is 18.2 Å². The second kappa shape index (κ2) is 5.69. The molecule has 9 heteroatoms. The molecule has 0 saturated heterocycles. The van der Waals surface area contributed by atoms with E-state index in [9.17, 15) is 5.11 Å². The van der Waals surface area contributed by atoms with Crippen LogP contribution in [0.2, 0.25) is 5.02 Å². The molecular formula is C11H8Cl4N4O. The van der Waals surface area contributed by atoms with E-state index < -0.39 is 3.79 Å². The van der Waals surface area contributed by atoms with Crippen LogP contribution in [0.5, 0.6) is 5.75 Å². The van der Waals surface area contributed by atoms with Gasteiger partial charge in [-0.15, -0.1) is 0 Å². The third kappa shape index (κ3) is 3.70. The summed E-state index contributed by atoms with van der Waals surface area (Å²) in [5.41, 5.74) is 0.318. The van der Waals surface area contributed by atoms with Gasteiger partial charge in [0, 0.05) is 5.02 Å². The maximum atomic E-state index is 9.72. The summed E-state index contributed by atoms with van der Waals surface area (Å²) < 4.78 is -1.75. The fourth-order valence-electron chi connectivity index (χ4n) is 1.37. The number of nitrogens with zero attached hydrogens (tertiary/aromatic N) is 2. The molecule has 1 aliphatic heterocycles. The van der Waals surface area contributed by atoms with Crippen LogP contribution in [0.25, 0.3) is 0 Å². The number of nitrogens with one attached hydrogen (secondary N) is 2. The number of aromatic hydroxyl groups is 1. The Morgan fingerprint density at radius 2 is 1.95 bits per heavy atom. The second-order valence-electron chi connectivity index (χ2n) is 3.75. The molecule has 0 amide bonds. The average molecular weight is 354 g/mol. The summed E-state index contributed by atoms with van der Waals surface area (Å²) >= 11 is 23.1. The van der Waals surface area contributed by atoms with Crippen molar-refractivity contribution in [1.29, 1.82) is 0 Å². The molecule has 1 aromatic rings. The number of halogens is 4. The summed E-state index contributed by atoms with van der Waals surface area (Å²) in [6.45, 7) is 3.63. The van der Waals surface area contributed by atoms with Crippen LogP contribution in [-0.4, -0.2) is 20.7 Å². The minimum Gasteiger partial charge on any atom is -0.506 e. The number of guanidine groups is 1. The normalized spacial score (nSPS) is 15.3. The molecule has 0 aromatic heterocycles. The zero-order chi connectivity index (χ0) is 14.9. The summed E-state index contributed by atoms with van der Waals surface area (Å²) in [4.78, 5) is 8.00. The van der Waals surface area contributed by atoms with Crippen molar-refractivity contribution in [2.75, 3.05) is 5.32 Å². The first-order chi connectivity index (χ1) is 9.25. The highest BCUT2D eigenvalue weighted by atomic mass is 35.6. The Bertz CT molecular complexity index is 621. The van der Waals surface area contributed by atoms with Gasteiger partial charge in [0.05, 0.1) is 5.69 Å². The van der Waals surface area contributed by atoms with E-state index in [-0.39, 0.29) is 23.4 Å². The van der Waals surface area contributed by atoms with Gasteiger partial charge >= 0.3 is 0 Å². The van der Waals surface area contributed by atoms with Gasteiger partial charge in [0.2, 0.25) is 9.75 Å². The Balaban J connectivity index is 2.31. The van der Waals surface area contributed by atoms with Gasteiger partial charge in [-0.1, -0.05) is 53.0 Å². The van der Waals surface area contributed by atoms with Crippen molar-refractivity contribution in [2.45, 2.75) is 3.79 Å². The van der Waals surface area contributed by atoms with Gasteiger partial charge in [-0.2, -0.15) is 9.98 Å². The molecule has 5 nitrogen and oxygen atoms in total. The van der Waals surface area contributed by atoms with E-state index >= 15 is 0 Å². The predicted molar refractivity (Wildman–Crippen MR) is 84.2 cm³/mol. The zero-order valence-electron chi connectivity index (χ0n) is 9.79. The maximum absolute atomic E-state index is 9.72. The van der Waals surface area contributed by atoms with Gasteiger partial charge in [-0.25, -0.2) is 0 Å². The van der Waals surface area contributed by atoms with E-state index in [2.05, 4.69) is 27.2 Å². The molecule has 1 aliphatic rings. The van der Waals surface area contributed by atoms with Crippen LogP contribution in [0.1, 0.15) is 0 Å². The zero-order valence-corrected chi connectivity index (χ0v) is 12.8. The van der Waals surface area contributed by atoms with E-state index in [4.69, 9.17) is 46.4 Å². The number of hydrogen-bond donors (Lipinski definition) is 3. The molecule has 1 heterocycles. The summed E-state index contributed by atoms with van der Waals surface area (Å²) in [7, 11) is 0. The van der Waals surface area contributed by atoms with Crippen molar-refractivity contribution >= 4 is 63.9 Å². The quantitative estimate of drug-likeness (QED) is 0.533. The van der Waals surface area contributed by atoms with Crippen LogP contribution in [0.4, 0.5) is 5.69 Å². The molecule has 3 N–H and O–H groups in total. The lowest BCUT2D eigenvalue weighted by atomic mass is 10.3. The summed E-state index contributed by atoms with van der Waals surface area (Å²) in [5, 5.41) is 15.6.